The number of halogens is 2. The van der Waals surface area contributed by atoms with E-state index >= 15 is 0 Å². The number of nitrogens with one attached hydrogen (secondary N) is 2. The molecule has 0 saturated heterocycles. The molecule has 0 saturated carbocycles. The Hall–Kier alpha value is -4.22. The van der Waals surface area contributed by atoms with Crippen LogP contribution in [0.1, 0.15) is 50.5 Å². The molecule has 2 N–H and O–H groups in total. The lowest BCUT2D eigenvalue weighted by molar-refractivity contribution is 0.0653. The van der Waals surface area contributed by atoms with Crippen LogP contribution in [0.2, 0.25) is 10.0 Å². The highest BCUT2D eigenvalue weighted by molar-refractivity contribution is 6.42. The van der Waals surface area contributed by atoms with Gasteiger partial charge in [0.05, 0.1) is 34.5 Å². The number of anilines is 1. The number of nitrogens with zero attached hydrogens (tertiary/aromatic N) is 6. The summed E-state index contributed by atoms with van der Waals surface area (Å²) in [4.78, 5) is 52.4. The molecule has 41 heavy (non-hydrogen) atoms. The van der Waals surface area contributed by atoms with Gasteiger partial charge in [-0.2, -0.15) is 5.10 Å². The summed E-state index contributed by atoms with van der Waals surface area (Å²) in [6, 6.07) is 11.2. The second-order valence-electron chi connectivity index (χ2n) is 9.90. The Morgan fingerprint density at radius 1 is 1.10 bits per heavy atom. The Morgan fingerprint density at radius 3 is 2.44 bits per heavy atom. The van der Waals surface area contributed by atoms with Gasteiger partial charge >= 0.3 is 0 Å². The van der Waals surface area contributed by atoms with E-state index in [0.717, 1.165) is 0 Å². The van der Waals surface area contributed by atoms with Crippen LogP contribution in [0, 0.1) is 6.92 Å². The van der Waals surface area contributed by atoms with Gasteiger partial charge in [-0.1, -0.05) is 23.2 Å². The van der Waals surface area contributed by atoms with Crippen LogP contribution in [0.3, 0.4) is 0 Å². The number of aryl methyl sites for hydroxylation is 1. The molecule has 0 aliphatic carbocycles. The van der Waals surface area contributed by atoms with E-state index < -0.39 is 0 Å². The van der Waals surface area contributed by atoms with Crippen LogP contribution in [0.25, 0.3) is 5.69 Å². The lowest BCUT2D eigenvalue weighted by Crippen LogP contribution is -2.46. The summed E-state index contributed by atoms with van der Waals surface area (Å²) in [5, 5.41) is 10.2. The molecular weight excluding hydrogens is 567 g/mol. The van der Waals surface area contributed by atoms with Crippen LogP contribution in [0.5, 0.6) is 0 Å². The van der Waals surface area contributed by atoms with Crippen LogP contribution in [0.15, 0.2) is 47.3 Å². The standard InChI is InChI=1S/C28H28Cl2N8O3/c1-15-11-20-23(13-37(15)26(40)18-7-10-21(29)22(30)12-18)33-28(36(4)14-24-32-16(2)34-35-24)38(27(20)41)19-8-5-17(6-9-19)25(39)31-3/h5-10,12,15H,11,13-14H2,1-4H3,(H,31,39)(H,32,34,35)/t15-/m1/s1. The van der Waals surface area contributed by atoms with Gasteiger partial charge in [-0.25, -0.2) is 14.5 Å². The summed E-state index contributed by atoms with van der Waals surface area (Å²) >= 11 is 12.2. The molecule has 5 rings (SSSR count). The minimum atomic E-state index is -0.274. The lowest BCUT2D eigenvalue weighted by atomic mass is 9.98. The van der Waals surface area contributed by atoms with Crippen molar-refractivity contribution in [1.82, 2.24) is 34.9 Å². The molecule has 3 heterocycles. The fraction of sp³-hybridized carbons (Fsp3) is 0.286. The summed E-state index contributed by atoms with van der Waals surface area (Å²) < 4.78 is 1.53. The smallest absolute Gasteiger partial charge is 0.263 e. The van der Waals surface area contributed by atoms with Gasteiger partial charge in [0.25, 0.3) is 17.4 Å². The van der Waals surface area contributed by atoms with Gasteiger partial charge < -0.3 is 15.1 Å². The van der Waals surface area contributed by atoms with Crippen LogP contribution in [-0.2, 0) is 19.5 Å². The van der Waals surface area contributed by atoms with Gasteiger partial charge in [-0.3, -0.25) is 19.5 Å². The van der Waals surface area contributed by atoms with Gasteiger partial charge in [0.2, 0.25) is 5.95 Å². The minimum Gasteiger partial charge on any atom is -0.355 e. The predicted octanol–water partition coefficient (Wildman–Crippen LogP) is 3.55. The summed E-state index contributed by atoms with van der Waals surface area (Å²) in [5.41, 5.74) is 2.21. The third-order valence-corrected chi connectivity index (χ3v) is 7.75. The van der Waals surface area contributed by atoms with E-state index in [9.17, 15) is 14.4 Å². The third kappa shape index (κ3) is 5.55. The molecule has 2 aromatic heterocycles. The number of hydrogen-bond acceptors (Lipinski definition) is 7. The number of H-pyrrole nitrogens is 1. The zero-order chi connectivity index (χ0) is 29.4. The first kappa shape index (κ1) is 28.3. The van der Waals surface area contributed by atoms with Crippen LogP contribution >= 0.6 is 23.2 Å². The van der Waals surface area contributed by atoms with E-state index in [1.807, 2.05) is 6.92 Å². The zero-order valence-electron chi connectivity index (χ0n) is 22.9. The summed E-state index contributed by atoms with van der Waals surface area (Å²) in [7, 11) is 3.36. The number of benzene rings is 2. The average Bonchev–Trinajstić information content (AvgIpc) is 3.37. The number of fused-ring (bicyclic) bond motifs is 1. The summed E-state index contributed by atoms with van der Waals surface area (Å²) in [6.07, 6.45) is 0.315. The van der Waals surface area contributed by atoms with Crippen LogP contribution in [-0.4, -0.2) is 61.6 Å². The molecule has 2 aromatic carbocycles. The molecule has 1 aliphatic rings. The van der Waals surface area contributed by atoms with Crippen molar-refractivity contribution in [3.8, 4) is 5.69 Å². The van der Waals surface area contributed by atoms with Crippen molar-refractivity contribution >= 4 is 41.0 Å². The SMILES string of the molecule is CNC(=O)c1ccc(-n2c(N(C)Cc3nc(C)n[nH]3)nc3c(c2=O)C[C@@H](C)N(C(=O)c2ccc(Cl)c(Cl)c2)C3)cc1. The number of hydrogen-bond donors (Lipinski definition) is 2. The number of aromatic amines is 1. The molecule has 0 unspecified atom stereocenters. The highest BCUT2D eigenvalue weighted by Gasteiger charge is 2.32. The molecule has 1 atom stereocenters. The number of amides is 2. The second-order valence-corrected chi connectivity index (χ2v) is 10.7. The van der Waals surface area contributed by atoms with E-state index in [1.54, 1.807) is 73.3 Å². The van der Waals surface area contributed by atoms with E-state index in [1.165, 1.54) is 4.57 Å². The first-order valence-corrected chi connectivity index (χ1v) is 13.6. The number of carbonyl (C=O) groups is 2. The molecule has 1 aliphatic heterocycles. The van der Waals surface area contributed by atoms with Crippen molar-refractivity contribution < 1.29 is 9.59 Å². The topological polar surface area (TPSA) is 129 Å². The first-order chi connectivity index (χ1) is 19.6. The second kappa shape index (κ2) is 11.3. The fourth-order valence-corrected chi connectivity index (χ4v) is 5.16. The molecular formula is C28H28Cl2N8O3. The van der Waals surface area contributed by atoms with Gasteiger partial charge in [0.1, 0.15) is 11.6 Å². The fourth-order valence-electron chi connectivity index (χ4n) is 4.86. The van der Waals surface area contributed by atoms with Crippen molar-refractivity contribution in [2.24, 2.45) is 0 Å². The van der Waals surface area contributed by atoms with E-state index in [4.69, 9.17) is 28.2 Å². The summed E-state index contributed by atoms with van der Waals surface area (Å²) in [5.74, 6) is 1.09. The van der Waals surface area contributed by atoms with E-state index in [0.29, 0.717) is 63.7 Å². The number of rotatable bonds is 6. The third-order valence-electron chi connectivity index (χ3n) is 7.01. The normalized spacial score (nSPS) is 14.5. The molecule has 0 spiro atoms. The van der Waals surface area contributed by atoms with E-state index in [2.05, 4.69) is 20.5 Å². The Morgan fingerprint density at radius 2 is 1.80 bits per heavy atom. The summed E-state index contributed by atoms with van der Waals surface area (Å²) in [6.45, 7) is 4.11. The highest BCUT2D eigenvalue weighted by Crippen LogP contribution is 2.28. The molecule has 4 aromatic rings. The van der Waals surface area contributed by atoms with Crippen molar-refractivity contribution in [3.63, 3.8) is 0 Å². The number of aromatic nitrogens is 5. The van der Waals surface area contributed by atoms with Crippen LogP contribution < -0.4 is 15.8 Å². The van der Waals surface area contributed by atoms with Gasteiger partial charge in [-0.05, 0) is 62.7 Å². The molecule has 0 bridgehead atoms. The maximum absolute atomic E-state index is 14.1. The van der Waals surface area contributed by atoms with Crippen molar-refractivity contribution in [1.29, 1.82) is 0 Å². The average molecular weight is 595 g/mol. The Kier molecular flexibility index (Phi) is 7.83. The quantitative estimate of drug-likeness (QED) is 0.349. The Bertz CT molecular complexity index is 1700. The van der Waals surface area contributed by atoms with Crippen LogP contribution in [0.4, 0.5) is 5.95 Å². The molecule has 212 valence electrons. The Balaban J connectivity index is 1.58. The first-order valence-electron chi connectivity index (χ1n) is 12.9. The highest BCUT2D eigenvalue weighted by atomic mass is 35.5. The lowest BCUT2D eigenvalue weighted by Gasteiger charge is -2.35. The van der Waals surface area contributed by atoms with Gasteiger partial charge in [0.15, 0.2) is 0 Å². The Labute approximate surface area is 246 Å². The van der Waals surface area contributed by atoms with E-state index in [-0.39, 0.29) is 35.0 Å². The van der Waals surface area contributed by atoms with Crippen molar-refractivity contribution in [2.45, 2.75) is 39.4 Å². The molecule has 0 fully saturated rings. The largest absolute Gasteiger partial charge is 0.355 e. The molecule has 0 radical (unpaired) electrons. The molecule has 11 nitrogen and oxygen atoms in total. The van der Waals surface area contributed by atoms with Crippen molar-refractivity contribution in [3.05, 3.63) is 96.9 Å². The predicted molar refractivity (Wildman–Crippen MR) is 156 cm³/mol. The van der Waals surface area contributed by atoms with Gasteiger partial charge in [-0.15, -0.1) is 0 Å². The van der Waals surface area contributed by atoms with Gasteiger partial charge in [0, 0.05) is 36.8 Å². The monoisotopic (exact) mass is 594 g/mol. The zero-order valence-corrected chi connectivity index (χ0v) is 24.4. The molecule has 13 heteroatoms. The minimum absolute atomic E-state index is 0.142. The maximum atomic E-state index is 14.1. The number of carbonyl (C=O) groups excluding carboxylic acids is 2. The van der Waals surface area contributed by atoms with Crippen molar-refractivity contribution in [2.75, 3.05) is 19.0 Å². The molecule has 2 amide bonds. The maximum Gasteiger partial charge on any atom is 0.263 e.